The summed E-state index contributed by atoms with van der Waals surface area (Å²) < 4.78 is 0. The Hall–Kier alpha value is -8.76. The van der Waals surface area contributed by atoms with Gasteiger partial charge in [-0.2, -0.15) is 5.26 Å². The summed E-state index contributed by atoms with van der Waals surface area (Å²) in [6, 6.07) is 27.3. The lowest BCUT2D eigenvalue weighted by molar-refractivity contribution is -0.120. The van der Waals surface area contributed by atoms with E-state index in [9.17, 15) is 14.4 Å². The lowest BCUT2D eigenvalue weighted by Crippen LogP contribution is -2.19. The Morgan fingerprint density at radius 3 is 1.36 bits per heavy atom. The van der Waals surface area contributed by atoms with E-state index in [0.29, 0.717) is 15.9 Å². The quantitative estimate of drug-likeness (QED) is 0.0495. The maximum atomic E-state index is 12.1. The summed E-state index contributed by atoms with van der Waals surface area (Å²) in [6.07, 6.45) is 37.3. The van der Waals surface area contributed by atoms with E-state index in [1.165, 1.54) is 170 Å². The molecule has 6 aliphatic carbocycles. The van der Waals surface area contributed by atoms with Gasteiger partial charge in [0.1, 0.15) is 71.9 Å². The van der Waals surface area contributed by atoms with Crippen molar-refractivity contribution in [2.75, 3.05) is 45.8 Å². The normalized spacial score (nSPS) is 14.8. The van der Waals surface area contributed by atoms with Crippen LogP contribution in [0.25, 0.3) is 40.9 Å². The summed E-state index contributed by atoms with van der Waals surface area (Å²) in [5, 5.41) is 27.3. The first-order chi connectivity index (χ1) is 50.0. The topological polar surface area (TPSA) is 281 Å². The molecule has 0 bridgehead atoms. The van der Waals surface area contributed by atoms with Crippen molar-refractivity contribution in [1.29, 1.82) is 5.26 Å². The number of fused-ring (bicyclic) bond motifs is 13. The minimum absolute atomic E-state index is 0.0226. The van der Waals surface area contributed by atoms with Crippen molar-refractivity contribution >= 4 is 155 Å². The summed E-state index contributed by atoms with van der Waals surface area (Å²) in [5.41, 5.74) is 23.9. The molecule has 9 aromatic heterocycles. The third-order valence-electron chi connectivity index (χ3n) is 19.3. The fourth-order valence-corrected chi connectivity index (χ4v) is 20.5. The second kappa shape index (κ2) is 34.9. The van der Waals surface area contributed by atoms with E-state index < -0.39 is 0 Å². The first kappa shape index (κ1) is 71.6. The Morgan fingerprint density at radius 2 is 0.873 bits per heavy atom. The molecule has 2 amide bonds. The molecular weight excluding hydrogens is 1390 g/mol. The van der Waals surface area contributed by atoms with Crippen molar-refractivity contribution in [3.63, 3.8) is 0 Å². The number of para-hydroxylation sites is 1. The number of nitrogens with zero attached hydrogens (tertiary/aromatic N) is 8. The summed E-state index contributed by atoms with van der Waals surface area (Å²) in [5.74, 6) is 2.40. The average molecular weight is 1480 g/mol. The van der Waals surface area contributed by atoms with Crippen LogP contribution in [0, 0.1) is 11.3 Å². The molecule has 1 fully saturated rings. The first-order valence-electron chi connectivity index (χ1n) is 35.8. The minimum atomic E-state index is -0.252. The molecule has 9 heterocycles. The number of halogens is 1. The third kappa shape index (κ3) is 17.8. The van der Waals surface area contributed by atoms with Crippen molar-refractivity contribution in [2.45, 2.75) is 173 Å². The number of nitrogen functional groups attached to an aromatic ring is 2. The molecule has 102 heavy (non-hydrogen) atoms. The number of aryl methyl sites for hydroxylation is 9. The molecule has 12 aromatic rings. The molecule has 24 heteroatoms. The van der Waals surface area contributed by atoms with Crippen LogP contribution in [0.4, 0.5) is 38.5 Å². The van der Waals surface area contributed by atoms with Crippen LogP contribution in [-0.4, -0.2) is 64.8 Å². The number of nitriles is 1. The number of nitrogens with one attached hydrogen (secondary N) is 5. The Labute approximate surface area is 618 Å². The highest BCUT2D eigenvalue weighted by Gasteiger charge is 2.24. The predicted molar refractivity (Wildman–Crippen MR) is 423 cm³/mol. The highest BCUT2D eigenvalue weighted by Crippen LogP contribution is 2.42. The second-order valence-corrected chi connectivity index (χ2v) is 32.1. The van der Waals surface area contributed by atoms with Crippen LogP contribution in [0.5, 0.6) is 0 Å². The van der Waals surface area contributed by atoms with Gasteiger partial charge in [-0.25, -0.2) is 39.7 Å². The lowest BCUT2D eigenvalue weighted by atomic mass is 9.96. The van der Waals surface area contributed by atoms with Crippen molar-refractivity contribution < 1.29 is 9.59 Å². The molecular formula is C78H84ClN15O3S5. The number of urea groups is 1. The van der Waals surface area contributed by atoms with Crippen molar-refractivity contribution in [3.05, 3.63) is 189 Å². The van der Waals surface area contributed by atoms with Gasteiger partial charge < -0.3 is 37.7 Å². The SMILES string of the molecule is Clc1ncnc2sc3c(c12)CCCC3.N#Cc1c(N)sc2c1CCCC2.Nc1ccc(CCNc2ncnc3sc4c(c23)CCCC4)cc1.O=C(Nc1ccccc1)Nc1ccc(CCNc2ncnc3sc4c(c23)CCCC4)cc1.O=C1CCCCC1.O=c1[nH]cnc2sc3c(c12)CCCC3. The summed E-state index contributed by atoms with van der Waals surface area (Å²) in [6.45, 7) is 1.65. The van der Waals surface area contributed by atoms with Gasteiger partial charge in [0, 0.05) is 67.4 Å². The highest BCUT2D eigenvalue weighted by molar-refractivity contribution is 7.20. The lowest BCUT2D eigenvalue weighted by Gasteiger charge is -2.12. The van der Waals surface area contributed by atoms with E-state index in [4.69, 9.17) is 28.3 Å². The van der Waals surface area contributed by atoms with Crippen LogP contribution in [-0.2, 0) is 81.8 Å². The fraction of sp³-hybridized carbons (Fsp3) is 0.372. The Morgan fingerprint density at radius 1 is 0.461 bits per heavy atom. The number of nitrogens with two attached hydrogens (primary N) is 2. The number of rotatable bonds is 10. The molecule has 18 nitrogen and oxygen atoms in total. The molecule has 1 saturated carbocycles. The number of aromatic nitrogens is 8. The fourth-order valence-electron chi connectivity index (χ4n) is 14.2. The third-order valence-corrected chi connectivity index (χ3v) is 25.5. The van der Waals surface area contributed by atoms with E-state index >= 15 is 0 Å². The number of H-pyrrole nitrogens is 1. The molecule has 6 aliphatic rings. The van der Waals surface area contributed by atoms with Crippen LogP contribution >= 0.6 is 68.3 Å². The van der Waals surface area contributed by atoms with Gasteiger partial charge in [0.25, 0.3) is 5.56 Å². The number of carbonyl (C=O) groups is 2. The van der Waals surface area contributed by atoms with Gasteiger partial charge >= 0.3 is 6.03 Å². The zero-order valence-corrected chi connectivity index (χ0v) is 62.0. The van der Waals surface area contributed by atoms with Crippen molar-refractivity contribution in [2.24, 2.45) is 0 Å². The first-order valence-corrected chi connectivity index (χ1v) is 40.2. The Balaban J connectivity index is 0.000000116. The molecule has 0 atom stereocenters. The molecule has 0 saturated heterocycles. The number of ketones is 1. The van der Waals surface area contributed by atoms with Crippen LogP contribution < -0.4 is 38.3 Å². The molecule has 18 rings (SSSR count). The van der Waals surface area contributed by atoms with Gasteiger partial charge in [-0.1, -0.05) is 60.5 Å². The van der Waals surface area contributed by atoms with Crippen LogP contribution in [0.2, 0.25) is 5.15 Å². The summed E-state index contributed by atoms with van der Waals surface area (Å²) in [4.78, 5) is 78.8. The number of hydrogen-bond acceptors (Lipinski definition) is 20. The van der Waals surface area contributed by atoms with E-state index in [1.807, 2.05) is 89.4 Å². The zero-order chi connectivity index (χ0) is 70.2. The monoisotopic (exact) mass is 1470 g/mol. The minimum Gasteiger partial charge on any atom is -0.399 e. The van der Waals surface area contributed by atoms with Gasteiger partial charge in [-0.3, -0.25) is 9.59 Å². The Bertz CT molecular complexity index is 4970. The number of amides is 2. The van der Waals surface area contributed by atoms with Gasteiger partial charge in [0.05, 0.1) is 33.4 Å². The molecule has 526 valence electrons. The maximum absolute atomic E-state index is 12.1. The Kier molecular flexibility index (Phi) is 24.5. The number of carbonyl (C=O) groups excluding carboxylic acids is 2. The number of benzene rings is 3. The molecule has 0 spiro atoms. The van der Waals surface area contributed by atoms with Gasteiger partial charge in [0.15, 0.2) is 0 Å². The van der Waals surface area contributed by atoms with E-state index in [2.05, 4.69) is 79.3 Å². The number of aromatic amines is 1. The molecule has 0 radical (unpaired) electrons. The molecule has 0 aliphatic heterocycles. The molecule has 3 aromatic carbocycles. The van der Waals surface area contributed by atoms with Gasteiger partial charge in [0.2, 0.25) is 0 Å². The van der Waals surface area contributed by atoms with Crippen LogP contribution in [0.3, 0.4) is 0 Å². The summed E-state index contributed by atoms with van der Waals surface area (Å²) >= 11 is 14.8. The predicted octanol–water partition coefficient (Wildman–Crippen LogP) is 18.4. The zero-order valence-electron chi connectivity index (χ0n) is 57.2. The van der Waals surface area contributed by atoms with Gasteiger partial charge in [-0.05, 0) is 229 Å². The van der Waals surface area contributed by atoms with Crippen LogP contribution in [0.1, 0.15) is 165 Å². The van der Waals surface area contributed by atoms with Gasteiger partial charge in [-0.15, -0.1) is 56.7 Å². The average Bonchev–Trinajstić information content (AvgIpc) is 1.64. The van der Waals surface area contributed by atoms with Crippen molar-refractivity contribution in [1.82, 2.24) is 39.9 Å². The number of Topliss-reactive ketones (excluding diaryl/α,β-unsaturated/α-hetero) is 1. The van der Waals surface area contributed by atoms with Crippen molar-refractivity contribution in [3.8, 4) is 6.07 Å². The highest BCUT2D eigenvalue weighted by atomic mass is 35.5. The number of anilines is 6. The number of hydrogen-bond donors (Lipinski definition) is 7. The van der Waals surface area contributed by atoms with E-state index in [-0.39, 0.29) is 11.6 Å². The maximum Gasteiger partial charge on any atom is 0.323 e. The second-order valence-electron chi connectivity index (χ2n) is 26.3. The standard InChI is InChI=1S/C25H25N5OS.C18H20N4S.C10H9ClN2S.C10H10N2OS.C9H10N2S.C6H10O/c31-25(29-18-6-2-1-3-7-18)30-19-12-10-17(11-13-19)14-15-26-23-22-20-8-4-5-9-21(20)32-24(22)28-16-27-23;19-13-7-5-12(6-8-13)9-10-20-17-16-14-3-1-2-4-15(14)23-18(16)22-11-21-17;11-9-8-6-3-1-2-4-7(6)14-10(8)13-5-12-9;13-9-8-6-3-1-2-4-7(6)14-10(8)12-5-11-9;10-5-7-6-3-1-2-4-8(6)12-9(7)11;7-6-4-2-1-3-5-6/h1-3,6-7,10-13,16H,4-5,8-9,14-15H2,(H,26,27,28)(H2,29,30,31);5-8,11H,1-4,9-10,19H2,(H,20,21,22);5H,1-4H2;5H,1-4H2,(H,11,12,13);1-4,11H2;1-5H2. The molecule has 9 N–H and O–H groups in total. The number of thiophene rings is 5. The molecule has 0 unspecified atom stereocenters. The van der Waals surface area contributed by atoms with E-state index in [1.54, 1.807) is 53.0 Å². The van der Waals surface area contributed by atoms with Crippen LogP contribution in [0.15, 0.2) is 109 Å². The largest absolute Gasteiger partial charge is 0.399 e. The van der Waals surface area contributed by atoms with E-state index in [0.717, 1.165) is 161 Å². The summed E-state index contributed by atoms with van der Waals surface area (Å²) in [7, 11) is 0. The smallest absolute Gasteiger partial charge is 0.323 e.